The Morgan fingerprint density at radius 1 is 1.23 bits per heavy atom. The third kappa shape index (κ3) is 4.26. The molecule has 0 saturated carbocycles. The van der Waals surface area contributed by atoms with Crippen molar-refractivity contribution in [1.29, 1.82) is 0 Å². The van der Waals surface area contributed by atoms with Crippen molar-refractivity contribution in [1.82, 2.24) is 9.80 Å². The van der Waals surface area contributed by atoms with Crippen LogP contribution in [0.15, 0.2) is 18.2 Å². The molecule has 1 saturated heterocycles. The van der Waals surface area contributed by atoms with Gasteiger partial charge in [-0.05, 0) is 12.1 Å². The van der Waals surface area contributed by atoms with E-state index in [1.165, 1.54) is 26.1 Å². The number of carboxylic acids is 1. The fourth-order valence-electron chi connectivity index (χ4n) is 2.83. The number of nitro groups is 1. The maximum Gasteiger partial charge on any atom is 0.323 e. The molecule has 10 heteroatoms. The van der Waals surface area contributed by atoms with Crippen LogP contribution in [0.3, 0.4) is 0 Å². The van der Waals surface area contributed by atoms with Gasteiger partial charge in [0.1, 0.15) is 12.2 Å². The number of anilines is 1. The third-order valence-corrected chi connectivity index (χ3v) is 4.20. The Morgan fingerprint density at radius 3 is 2.35 bits per heavy atom. The van der Waals surface area contributed by atoms with Crippen LogP contribution in [0.1, 0.15) is 17.3 Å². The van der Waals surface area contributed by atoms with Gasteiger partial charge in [0.25, 0.3) is 11.6 Å². The SMILES string of the molecule is CC(=O)N1CCN(c2ccc(C(=O)N(C)CC(=O)O)cc2[N+](=O)[O-])CC1. The van der Waals surface area contributed by atoms with Gasteiger partial charge in [-0.3, -0.25) is 24.5 Å². The molecular weight excluding hydrogens is 344 g/mol. The second kappa shape index (κ2) is 7.81. The lowest BCUT2D eigenvalue weighted by molar-refractivity contribution is -0.384. The van der Waals surface area contributed by atoms with Gasteiger partial charge in [-0.2, -0.15) is 0 Å². The van der Waals surface area contributed by atoms with Gasteiger partial charge in [0.15, 0.2) is 0 Å². The van der Waals surface area contributed by atoms with Gasteiger partial charge < -0.3 is 19.8 Å². The molecule has 1 aromatic rings. The average molecular weight is 364 g/mol. The fourth-order valence-corrected chi connectivity index (χ4v) is 2.83. The van der Waals surface area contributed by atoms with E-state index >= 15 is 0 Å². The number of carbonyl (C=O) groups is 3. The normalized spacial score (nSPS) is 14.1. The number of likely N-dealkylation sites (N-methyl/N-ethyl adjacent to an activating group) is 1. The van der Waals surface area contributed by atoms with Crippen molar-refractivity contribution in [3.05, 3.63) is 33.9 Å². The van der Waals surface area contributed by atoms with Crippen molar-refractivity contribution in [3.8, 4) is 0 Å². The summed E-state index contributed by atoms with van der Waals surface area (Å²) in [6.45, 7) is 2.82. The van der Waals surface area contributed by atoms with Gasteiger partial charge in [-0.15, -0.1) is 0 Å². The van der Waals surface area contributed by atoms with Gasteiger partial charge in [-0.1, -0.05) is 0 Å². The summed E-state index contributed by atoms with van der Waals surface area (Å²) in [5.74, 6) is -1.82. The molecule has 10 nitrogen and oxygen atoms in total. The number of aliphatic carboxylic acids is 1. The summed E-state index contributed by atoms with van der Waals surface area (Å²) in [6, 6.07) is 4.09. The summed E-state index contributed by atoms with van der Waals surface area (Å²) in [4.78, 5) is 49.7. The highest BCUT2D eigenvalue weighted by atomic mass is 16.6. The van der Waals surface area contributed by atoms with Crippen molar-refractivity contribution < 1.29 is 24.4 Å². The molecule has 2 rings (SSSR count). The highest BCUT2D eigenvalue weighted by Crippen LogP contribution is 2.30. The lowest BCUT2D eigenvalue weighted by Crippen LogP contribution is -2.48. The second-order valence-electron chi connectivity index (χ2n) is 6.01. The molecule has 0 unspecified atom stereocenters. The fraction of sp³-hybridized carbons (Fsp3) is 0.438. The molecular formula is C16H20N4O6. The minimum Gasteiger partial charge on any atom is -0.480 e. The van der Waals surface area contributed by atoms with E-state index in [0.29, 0.717) is 31.9 Å². The number of benzene rings is 1. The van der Waals surface area contributed by atoms with Crippen LogP contribution < -0.4 is 4.90 Å². The number of nitrogens with zero attached hydrogens (tertiary/aromatic N) is 4. The molecule has 1 heterocycles. The first-order chi connectivity index (χ1) is 12.2. The van der Waals surface area contributed by atoms with Gasteiger partial charge >= 0.3 is 5.97 Å². The van der Waals surface area contributed by atoms with E-state index < -0.39 is 23.3 Å². The Kier molecular flexibility index (Phi) is 5.75. The van der Waals surface area contributed by atoms with Crippen LogP contribution in [0.25, 0.3) is 0 Å². The Balaban J connectivity index is 2.24. The first kappa shape index (κ1) is 19.2. The van der Waals surface area contributed by atoms with Crippen LogP contribution >= 0.6 is 0 Å². The lowest BCUT2D eigenvalue weighted by Gasteiger charge is -2.35. The summed E-state index contributed by atoms with van der Waals surface area (Å²) < 4.78 is 0. The summed E-state index contributed by atoms with van der Waals surface area (Å²) in [6.07, 6.45) is 0. The zero-order valence-electron chi connectivity index (χ0n) is 14.5. The molecule has 0 aliphatic carbocycles. The third-order valence-electron chi connectivity index (χ3n) is 4.20. The van der Waals surface area contributed by atoms with E-state index in [1.807, 2.05) is 0 Å². The smallest absolute Gasteiger partial charge is 0.323 e. The Hall–Kier alpha value is -3.17. The first-order valence-corrected chi connectivity index (χ1v) is 7.97. The molecule has 0 radical (unpaired) electrons. The zero-order valence-corrected chi connectivity index (χ0v) is 14.5. The topological polar surface area (TPSA) is 124 Å². The second-order valence-corrected chi connectivity index (χ2v) is 6.01. The van der Waals surface area contributed by atoms with E-state index in [2.05, 4.69) is 0 Å². The number of carbonyl (C=O) groups excluding carboxylic acids is 2. The molecule has 0 spiro atoms. The first-order valence-electron chi connectivity index (χ1n) is 7.97. The monoisotopic (exact) mass is 364 g/mol. The predicted octanol–water partition coefficient (Wildman–Crippen LogP) is 0.420. The predicted molar refractivity (Wildman–Crippen MR) is 92.2 cm³/mol. The van der Waals surface area contributed by atoms with Gasteiger partial charge in [0, 0.05) is 51.8 Å². The van der Waals surface area contributed by atoms with Gasteiger partial charge in [0.05, 0.1) is 4.92 Å². The van der Waals surface area contributed by atoms with Crippen LogP contribution in [0.4, 0.5) is 11.4 Å². The molecule has 2 amide bonds. The Bertz CT molecular complexity index is 742. The molecule has 140 valence electrons. The number of carboxylic acid groups (broad SMARTS) is 1. The summed E-state index contributed by atoms with van der Waals surface area (Å²) in [5, 5.41) is 20.2. The van der Waals surface area contributed by atoms with E-state index in [4.69, 9.17) is 5.11 Å². The molecule has 26 heavy (non-hydrogen) atoms. The standard InChI is InChI=1S/C16H20N4O6/c1-11(21)18-5-7-19(8-6-18)13-4-3-12(9-14(13)20(25)26)16(24)17(2)10-15(22)23/h3-4,9H,5-8,10H2,1-2H3,(H,22,23). The molecule has 0 atom stereocenters. The maximum absolute atomic E-state index is 12.2. The quantitative estimate of drug-likeness (QED) is 0.593. The van der Waals surface area contributed by atoms with Gasteiger partial charge in [-0.25, -0.2) is 0 Å². The number of amides is 2. The number of nitro benzene ring substituents is 1. The molecule has 1 aliphatic rings. The lowest BCUT2D eigenvalue weighted by atomic mass is 10.1. The highest BCUT2D eigenvalue weighted by Gasteiger charge is 2.26. The van der Waals surface area contributed by atoms with E-state index in [-0.39, 0.29) is 17.2 Å². The number of piperazine rings is 1. The molecule has 1 aromatic carbocycles. The van der Waals surface area contributed by atoms with Crippen molar-refractivity contribution in [3.63, 3.8) is 0 Å². The number of hydrogen-bond donors (Lipinski definition) is 1. The minimum absolute atomic E-state index is 0.0402. The van der Waals surface area contributed by atoms with Crippen LogP contribution in [0.2, 0.25) is 0 Å². The van der Waals surface area contributed by atoms with E-state index in [1.54, 1.807) is 9.80 Å². The van der Waals surface area contributed by atoms with Crippen LogP contribution in [-0.2, 0) is 9.59 Å². The molecule has 1 fully saturated rings. The van der Waals surface area contributed by atoms with Crippen LogP contribution in [0, 0.1) is 10.1 Å². The van der Waals surface area contributed by atoms with Crippen LogP contribution in [0.5, 0.6) is 0 Å². The zero-order chi connectivity index (χ0) is 19.4. The molecule has 1 N–H and O–H groups in total. The van der Waals surface area contributed by atoms with E-state index in [9.17, 15) is 24.5 Å². The Morgan fingerprint density at radius 2 is 1.85 bits per heavy atom. The molecule has 0 bridgehead atoms. The summed E-state index contributed by atoms with van der Waals surface area (Å²) in [7, 11) is 1.32. The number of hydrogen-bond acceptors (Lipinski definition) is 6. The minimum atomic E-state index is -1.17. The van der Waals surface area contributed by atoms with Crippen LogP contribution in [-0.4, -0.2) is 77.4 Å². The van der Waals surface area contributed by atoms with Crippen molar-refractivity contribution in [2.45, 2.75) is 6.92 Å². The van der Waals surface area contributed by atoms with Crippen molar-refractivity contribution in [2.75, 3.05) is 44.7 Å². The molecule has 0 aromatic heterocycles. The van der Waals surface area contributed by atoms with Crippen molar-refractivity contribution in [2.24, 2.45) is 0 Å². The average Bonchev–Trinajstić information content (AvgIpc) is 2.60. The Labute approximate surface area is 149 Å². The molecule has 1 aliphatic heterocycles. The van der Waals surface area contributed by atoms with Gasteiger partial charge in [0.2, 0.25) is 5.91 Å². The van der Waals surface area contributed by atoms with Crippen molar-refractivity contribution >= 4 is 29.2 Å². The maximum atomic E-state index is 12.2. The largest absolute Gasteiger partial charge is 0.480 e. The summed E-state index contributed by atoms with van der Waals surface area (Å²) in [5.41, 5.74) is 0.193. The highest BCUT2D eigenvalue weighted by molar-refractivity contribution is 5.97. The number of rotatable bonds is 5. The summed E-state index contributed by atoms with van der Waals surface area (Å²) >= 11 is 0. The van der Waals surface area contributed by atoms with E-state index in [0.717, 1.165) is 11.0 Å².